The van der Waals surface area contributed by atoms with Crippen molar-refractivity contribution in [2.45, 2.75) is 18.8 Å². The maximum absolute atomic E-state index is 13.3. The van der Waals surface area contributed by atoms with Crippen molar-refractivity contribution in [3.63, 3.8) is 0 Å². The van der Waals surface area contributed by atoms with E-state index in [1.54, 1.807) is 16.8 Å². The molecule has 0 atom stereocenters. The van der Waals surface area contributed by atoms with E-state index in [9.17, 15) is 4.79 Å². The Hall–Kier alpha value is -2.98. The maximum Gasteiger partial charge on any atom is 0.266 e. The molecule has 0 N–H and O–H groups in total. The van der Waals surface area contributed by atoms with Crippen LogP contribution in [-0.4, -0.2) is 14.5 Å². The van der Waals surface area contributed by atoms with E-state index in [0.717, 1.165) is 11.3 Å². The molecule has 0 spiro atoms. The van der Waals surface area contributed by atoms with Crippen LogP contribution in [0, 0.1) is 0 Å². The van der Waals surface area contributed by atoms with Crippen LogP contribution < -0.4 is 5.56 Å². The monoisotopic (exact) mass is 373 g/mol. The second-order valence-electron chi connectivity index (χ2n) is 6.83. The van der Waals surface area contributed by atoms with Crippen molar-refractivity contribution in [2.75, 3.05) is 0 Å². The molecule has 5 rings (SSSR count). The first-order valence-corrected chi connectivity index (χ1v) is 9.32. The van der Waals surface area contributed by atoms with Gasteiger partial charge in [0.05, 0.1) is 16.6 Å². The minimum atomic E-state index is -0.0929. The normalized spacial score (nSPS) is 13.8. The third-order valence-electron chi connectivity index (χ3n) is 4.96. The lowest BCUT2D eigenvalue weighted by Crippen LogP contribution is -2.22. The fraction of sp³-hybridized carbons (Fsp3) is 0.136. The molecule has 2 aromatic carbocycles. The molecule has 132 valence electrons. The van der Waals surface area contributed by atoms with Crippen LogP contribution in [0.25, 0.3) is 28.0 Å². The van der Waals surface area contributed by atoms with E-state index in [1.807, 2.05) is 42.5 Å². The van der Waals surface area contributed by atoms with E-state index in [0.29, 0.717) is 27.8 Å². The van der Waals surface area contributed by atoms with Crippen molar-refractivity contribution in [1.29, 1.82) is 0 Å². The molecule has 27 heavy (non-hydrogen) atoms. The largest absolute Gasteiger partial charge is 0.268 e. The maximum atomic E-state index is 13.3. The second-order valence-corrected chi connectivity index (χ2v) is 7.22. The lowest BCUT2D eigenvalue weighted by molar-refractivity contribution is 0.970. The van der Waals surface area contributed by atoms with Gasteiger partial charge in [0.15, 0.2) is 0 Å². The first kappa shape index (κ1) is 16.2. The highest BCUT2D eigenvalue weighted by molar-refractivity contribution is 6.29. The molecule has 5 heteroatoms. The van der Waals surface area contributed by atoms with Crippen LogP contribution in [0.3, 0.4) is 0 Å². The standard InChI is InChI=1S/C22H16ClN3O/c23-20-12-9-16(13-24-20)21-25-19-4-2-1-3-18(19)22(27)26(21)17-10-7-15(8-11-17)14-5-6-14/h1-4,7-14H,5-6H2. The Kier molecular flexibility index (Phi) is 3.80. The quantitative estimate of drug-likeness (QED) is 0.476. The molecule has 1 saturated carbocycles. The number of hydrogen-bond acceptors (Lipinski definition) is 3. The predicted octanol–water partition coefficient (Wildman–Crippen LogP) is 4.98. The third-order valence-corrected chi connectivity index (χ3v) is 5.18. The summed E-state index contributed by atoms with van der Waals surface area (Å²) in [5, 5.41) is 0.997. The van der Waals surface area contributed by atoms with Crippen LogP contribution in [0.4, 0.5) is 0 Å². The van der Waals surface area contributed by atoms with Crippen LogP contribution in [0.5, 0.6) is 0 Å². The molecule has 0 aliphatic heterocycles. The van der Waals surface area contributed by atoms with Crippen LogP contribution in [0.15, 0.2) is 71.7 Å². The van der Waals surface area contributed by atoms with Crippen LogP contribution >= 0.6 is 11.6 Å². The van der Waals surface area contributed by atoms with E-state index in [2.05, 4.69) is 17.1 Å². The van der Waals surface area contributed by atoms with Gasteiger partial charge in [-0.3, -0.25) is 9.36 Å². The summed E-state index contributed by atoms with van der Waals surface area (Å²) in [5.41, 5.74) is 3.44. The molecule has 1 aliphatic rings. The Morgan fingerprint density at radius 1 is 0.963 bits per heavy atom. The molecular weight excluding hydrogens is 358 g/mol. The zero-order valence-corrected chi connectivity index (χ0v) is 15.2. The molecule has 0 saturated heterocycles. The average Bonchev–Trinajstić information content (AvgIpc) is 3.54. The molecule has 4 nitrogen and oxygen atoms in total. The van der Waals surface area contributed by atoms with Gasteiger partial charge < -0.3 is 0 Å². The van der Waals surface area contributed by atoms with E-state index in [-0.39, 0.29) is 5.56 Å². The van der Waals surface area contributed by atoms with Gasteiger partial charge in [0.2, 0.25) is 0 Å². The topological polar surface area (TPSA) is 47.8 Å². The van der Waals surface area contributed by atoms with Crippen molar-refractivity contribution in [3.8, 4) is 17.1 Å². The number of para-hydroxylation sites is 1. The van der Waals surface area contributed by atoms with Crippen LogP contribution in [-0.2, 0) is 0 Å². The minimum Gasteiger partial charge on any atom is -0.268 e. The van der Waals surface area contributed by atoms with Gasteiger partial charge in [-0.25, -0.2) is 9.97 Å². The Labute approximate surface area is 161 Å². The Morgan fingerprint density at radius 2 is 1.74 bits per heavy atom. The van der Waals surface area contributed by atoms with E-state index < -0.39 is 0 Å². The molecule has 0 amide bonds. The number of pyridine rings is 1. The average molecular weight is 374 g/mol. The molecule has 0 bridgehead atoms. The number of hydrogen-bond donors (Lipinski definition) is 0. The summed E-state index contributed by atoms with van der Waals surface area (Å²) >= 11 is 5.94. The SMILES string of the molecule is O=c1c2ccccc2nc(-c2ccc(Cl)nc2)n1-c1ccc(C2CC2)cc1. The van der Waals surface area contributed by atoms with Gasteiger partial charge in [0.25, 0.3) is 5.56 Å². The van der Waals surface area contributed by atoms with Gasteiger partial charge in [-0.15, -0.1) is 0 Å². The number of fused-ring (bicyclic) bond motifs is 1. The summed E-state index contributed by atoms with van der Waals surface area (Å²) < 4.78 is 1.66. The molecule has 0 unspecified atom stereocenters. The zero-order valence-electron chi connectivity index (χ0n) is 14.5. The van der Waals surface area contributed by atoms with Gasteiger partial charge in [-0.05, 0) is 60.7 Å². The Bertz CT molecular complexity index is 1190. The minimum absolute atomic E-state index is 0.0929. The van der Waals surface area contributed by atoms with Crippen molar-refractivity contribution in [1.82, 2.24) is 14.5 Å². The molecule has 4 aromatic rings. The molecule has 2 aromatic heterocycles. The summed E-state index contributed by atoms with van der Waals surface area (Å²) in [6.07, 6.45) is 4.14. The smallest absolute Gasteiger partial charge is 0.266 e. The number of benzene rings is 2. The molecule has 0 radical (unpaired) electrons. The second kappa shape index (κ2) is 6.32. The molecule has 2 heterocycles. The molecular formula is C22H16ClN3O. The van der Waals surface area contributed by atoms with Gasteiger partial charge in [-0.1, -0.05) is 35.9 Å². The van der Waals surface area contributed by atoms with Gasteiger partial charge in [0.1, 0.15) is 11.0 Å². The first-order valence-electron chi connectivity index (χ1n) is 8.95. The fourth-order valence-electron chi connectivity index (χ4n) is 3.39. The molecule has 1 fully saturated rings. The number of halogens is 1. The number of rotatable bonds is 3. The first-order chi connectivity index (χ1) is 13.2. The predicted molar refractivity (Wildman–Crippen MR) is 108 cm³/mol. The van der Waals surface area contributed by atoms with Crippen molar-refractivity contribution in [2.24, 2.45) is 0 Å². The fourth-order valence-corrected chi connectivity index (χ4v) is 3.50. The highest BCUT2D eigenvalue weighted by atomic mass is 35.5. The number of aromatic nitrogens is 3. The number of nitrogens with zero attached hydrogens (tertiary/aromatic N) is 3. The summed E-state index contributed by atoms with van der Waals surface area (Å²) in [6.45, 7) is 0. The van der Waals surface area contributed by atoms with Gasteiger partial charge in [-0.2, -0.15) is 0 Å². The van der Waals surface area contributed by atoms with Crippen molar-refractivity contribution < 1.29 is 0 Å². The van der Waals surface area contributed by atoms with Crippen LogP contribution in [0.1, 0.15) is 24.3 Å². The van der Waals surface area contributed by atoms with Gasteiger partial charge in [0, 0.05) is 11.8 Å². The van der Waals surface area contributed by atoms with E-state index in [4.69, 9.17) is 16.6 Å². The lowest BCUT2D eigenvalue weighted by atomic mass is 10.1. The van der Waals surface area contributed by atoms with Crippen molar-refractivity contribution >= 4 is 22.5 Å². The third kappa shape index (κ3) is 2.92. The van der Waals surface area contributed by atoms with E-state index >= 15 is 0 Å². The molecule has 1 aliphatic carbocycles. The van der Waals surface area contributed by atoms with E-state index in [1.165, 1.54) is 18.4 Å². The Balaban J connectivity index is 1.77. The van der Waals surface area contributed by atoms with Crippen LogP contribution in [0.2, 0.25) is 5.15 Å². The Morgan fingerprint density at radius 3 is 2.44 bits per heavy atom. The highest BCUT2D eigenvalue weighted by Crippen LogP contribution is 2.40. The van der Waals surface area contributed by atoms with Gasteiger partial charge >= 0.3 is 0 Å². The lowest BCUT2D eigenvalue weighted by Gasteiger charge is -2.14. The highest BCUT2D eigenvalue weighted by Gasteiger charge is 2.23. The summed E-state index contributed by atoms with van der Waals surface area (Å²) in [4.78, 5) is 22.2. The van der Waals surface area contributed by atoms with Crippen molar-refractivity contribution in [3.05, 3.63) is 87.9 Å². The summed E-state index contributed by atoms with van der Waals surface area (Å²) in [6, 6.07) is 19.2. The zero-order chi connectivity index (χ0) is 18.4. The summed E-state index contributed by atoms with van der Waals surface area (Å²) in [5.74, 6) is 1.23. The summed E-state index contributed by atoms with van der Waals surface area (Å²) in [7, 11) is 0.